The van der Waals surface area contributed by atoms with Crippen molar-refractivity contribution in [1.82, 2.24) is 0 Å². The van der Waals surface area contributed by atoms with Crippen molar-refractivity contribution >= 4 is 0 Å². The summed E-state index contributed by atoms with van der Waals surface area (Å²) in [6.07, 6.45) is -0.900. The minimum Gasteiger partial charge on any atom is -0.491 e. The summed E-state index contributed by atoms with van der Waals surface area (Å²) in [4.78, 5) is 0. The molecule has 1 heterocycles. The van der Waals surface area contributed by atoms with Gasteiger partial charge in [-0.15, -0.1) is 0 Å². The Morgan fingerprint density at radius 3 is 2.50 bits per heavy atom. The molecule has 1 fully saturated rings. The molecule has 168 valence electrons. The van der Waals surface area contributed by atoms with Crippen LogP contribution in [0.3, 0.4) is 0 Å². The maximum Gasteiger partial charge on any atom is 0.422 e. The molecule has 1 unspecified atom stereocenters. The number of ether oxygens (including phenoxy) is 4. The number of benzene rings is 1. The summed E-state index contributed by atoms with van der Waals surface area (Å²) in [5, 5.41) is 0. The number of allylic oxidation sites excluding steroid dienone is 1. The highest BCUT2D eigenvalue weighted by atomic mass is 19.3. The summed E-state index contributed by atoms with van der Waals surface area (Å²) < 4.78 is 78.4. The molecule has 1 aliphatic carbocycles. The highest BCUT2D eigenvalue weighted by molar-refractivity contribution is 5.34. The van der Waals surface area contributed by atoms with Gasteiger partial charge in [0.05, 0.1) is 19.8 Å². The summed E-state index contributed by atoms with van der Waals surface area (Å²) in [6, 6.07) is 3.39. The van der Waals surface area contributed by atoms with Crippen molar-refractivity contribution < 1.29 is 36.5 Å². The van der Waals surface area contributed by atoms with Gasteiger partial charge in [-0.05, 0) is 44.7 Å². The minimum atomic E-state index is -3.56. The zero-order valence-electron chi connectivity index (χ0n) is 17.3. The third-order valence-electron chi connectivity index (χ3n) is 5.37. The van der Waals surface area contributed by atoms with E-state index in [-0.39, 0.29) is 49.2 Å². The first-order chi connectivity index (χ1) is 14.3. The first-order valence-corrected chi connectivity index (χ1v) is 10.4. The van der Waals surface area contributed by atoms with E-state index in [2.05, 4.69) is 0 Å². The van der Waals surface area contributed by atoms with Gasteiger partial charge in [-0.3, -0.25) is 0 Å². The fourth-order valence-corrected chi connectivity index (χ4v) is 3.81. The van der Waals surface area contributed by atoms with Gasteiger partial charge in [0.15, 0.2) is 23.5 Å². The summed E-state index contributed by atoms with van der Waals surface area (Å²) in [5.41, 5.74) is -1.65. The smallest absolute Gasteiger partial charge is 0.422 e. The van der Waals surface area contributed by atoms with Crippen molar-refractivity contribution in [1.29, 1.82) is 0 Å². The molecule has 0 amide bonds. The molecule has 8 heteroatoms. The predicted molar refractivity (Wildman–Crippen MR) is 103 cm³/mol. The van der Waals surface area contributed by atoms with Crippen molar-refractivity contribution in [2.24, 2.45) is 5.92 Å². The third kappa shape index (κ3) is 5.46. The Morgan fingerprint density at radius 1 is 1.20 bits per heavy atom. The normalized spacial score (nSPS) is 27.5. The van der Waals surface area contributed by atoms with Crippen LogP contribution in [0.25, 0.3) is 0 Å². The van der Waals surface area contributed by atoms with Crippen LogP contribution in [0.2, 0.25) is 0 Å². The fourth-order valence-electron chi connectivity index (χ4n) is 3.81. The van der Waals surface area contributed by atoms with Gasteiger partial charge in [-0.1, -0.05) is 19.4 Å². The standard InChI is InChI=1S/C22H28F4O4/c1-3-11-21(24)13-28-20(29-14-21)15-5-7-16(8-6-15)22(25,26)30-17-9-10-19(27-4-2)18(23)12-17/h7,9-10,12,15,20H,3-6,8,11,13-14H2,1-2H3. The quantitative estimate of drug-likeness (QED) is 0.384. The fraction of sp³-hybridized carbons (Fsp3) is 0.636. The second kappa shape index (κ2) is 9.56. The average molecular weight is 432 g/mol. The molecule has 0 N–H and O–H groups in total. The Hall–Kier alpha value is -1.80. The lowest BCUT2D eigenvalue weighted by Crippen LogP contribution is -2.46. The van der Waals surface area contributed by atoms with Crippen molar-refractivity contribution in [3.8, 4) is 11.5 Å². The molecule has 0 aromatic heterocycles. The zero-order valence-corrected chi connectivity index (χ0v) is 17.3. The molecule has 1 aliphatic heterocycles. The topological polar surface area (TPSA) is 36.9 Å². The van der Waals surface area contributed by atoms with Gasteiger partial charge in [-0.2, -0.15) is 8.78 Å². The lowest BCUT2D eigenvalue weighted by molar-refractivity contribution is -0.255. The Bertz CT molecular complexity index is 745. The second-order valence-corrected chi connectivity index (χ2v) is 7.80. The van der Waals surface area contributed by atoms with E-state index < -0.39 is 23.9 Å². The Labute approximate surface area is 174 Å². The first kappa shape index (κ1) is 22.9. The Morgan fingerprint density at radius 2 is 1.93 bits per heavy atom. The largest absolute Gasteiger partial charge is 0.491 e. The second-order valence-electron chi connectivity index (χ2n) is 7.80. The van der Waals surface area contributed by atoms with Crippen molar-refractivity contribution in [2.75, 3.05) is 19.8 Å². The third-order valence-corrected chi connectivity index (χ3v) is 5.37. The van der Waals surface area contributed by atoms with Gasteiger partial charge in [0, 0.05) is 17.6 Å². The first-order valence-electron chi connectivity index (χ1n) is 10.4. The molecular formula is C22H28F4O4. The number of hydrogen-bond donors (Lipinski definition) is 0. The molecule has 1 aromatic carbocycles. The van der Waals surface area contributed by atoms with Gasteiger partial charge in [0.25, 0.3) is 0 Å². The van der Waals surface area contributed by atoms with E-state index in [1.165, 1.54) is 18.2 Å². The summed E-state index contributed by atoms with van der Waals surface area (Å²) in [7, 11) is 0. The molecule has 1 saturated heterocycles. The average Bonchev–Trinajstić information content (AvgIpc) is 2.71. The predicted octanol–water partition coefficient (Wildman–Crippen LogP) is 5.80. The SMILES string of the molecule is CCCC1(F)COC(C2CC=C(C(F)(F)Oc3ccc(OCC)c(F)c3)CC2)OC1. The number of alkyl halides is 3. The van der Waals surface area contributed by atoms with Crippen molar-refractivity contribution in [3.63, 3.8) is 0 Å². The molecule has 0 radical (unpaired) electrons. The Kier molecular flexibility index (Phi) is 7.29. The highest BCUT2D eigenvalue weighted by Crippen LogP contribution is 2.39. The van der Waals surface area contributed by atoms with Crippen LogP contribution in [0.15, 0.2) is 29.8 Å². The molecule has 30 heavy (non-hydrogen) atoms. The molecule has 4 nitrogen and oxygen atoms in total. The van der Waals surface area contributed by atoms with Crippen molar-refractivity contribution in [2.45, 2.75) is 64.0 Å². The van der Waals surface area contributed by atoms with Crippen LogP contribution < -0.4 is 9.47 Å². The highest BCUT2D eigenvalue weighted by Gasteiger charge is 2.42. The van der Waals surface area contributed by atoms with E-state index in [0.717, 1.165) is 6.07 Å². The van der Waals surface area contributed by atoms with E-state index in [1.54, 1.807) is 6.92 Å². The van der Waals surface area contributed by atoms with Gasteiger partial charge in [0.1, 0.15) is 5.75 Å². The number of halogens is 4. The van der Waals surface area contributed by atoms with E-state index in [4.69, 9.17) is 18.9 Å². The summed E-state index contributed by atoms with van der Waals surface area (Å²) in [6.45, 7) is 3.78. The van der Waals surface area contributed by atoms with Crippen LogP contribution in [0.1, 0.15) is 46.0 Å². The van der Waals surface area contributed by atoms with E-state index in [0.29, 0.717) is 25.7 Å². The van der Waals surface area contributed by atoms with E-state index in [1.807, 2.05) is 6.92 Å². The molecule has 0 bridgehead atoms. The Balaban J connectivity index is 1.57. The summed E-state index contributed by atoms with van der Waals surface area (Å²) in [5.74, 6) is -1.19. The molecule has 0 saturated carbocycles. The maximum atomic E-state index is 14.6. The zero-order chi connectivity index (χ0) is 21.8. The van der Waals surface area contributed by atoms with Gasteiger partial charge < -0.3 is 18.9 Å². The molecule has 1 aromatic rings. The number of hydrogen-bond acceptors (Lipinski definition) is 4. The van der Waals surface area contributed by atoms with Crippen LogP contribution in [-0.2, 0) is 9.47 Å². The maximum absolute atomic E-state index is 14.6. The summed E-state index contributed by atoms with van der Waals surface area (Å²) >= 11 is 0. The van der Waals surface area contributed by atoms with Gasteiger partial charge in [0.2, 0.25) is 0 Å². The molecule has 0 spiro atoms. The lowest BCUT2D eigenvalue weighted by Gasteiger charge is -2.38. The number of rotatable bonds is 8. The van der Waals surface area contributed by atoms with E-state index >= 15 is 0 Å². The lowest BCUT2D eigenvalue weighted by atomic mass is 9.88. The molecular weight excluding hydrogens is 404 g/mol. The molecule has 1 atom stereocenters. The van der Waals surface area contributed by atoms with E-state index in [9.17, 15) is 17.6 Å². The van der Waals surface area contributed by atoms with Gasteiger partial charge in [-0.25, -0.2) is 8.78 Å². The van der Waals surface area contributed by atoms with Crippen LogP contribution in [-0.4, -0.2) is 37.9 Å². The molecule has 2 aliphatic rings. The van der Waals surface area contributed by atoms with Crippen LogP contribution in [0.5, 0.6) is 11.5 Å². The van der Waals surface area contributed by atoms with Crippen LogP contribution in [0, 0.1) is 11.7 Å². The van der Waals surface area contributed by atoms with Crippen LogP contribution in [0.4, 0.5) is 17.6 Å². The van der Waals surface area contributed by atoms with Crippen LogP contribution >= 0.6 is 0 Å². The minimum absolute atomic E-state index is 0.0170. The monoisotopic (exact) mass is 432 g/mol. The molecule has 3 rings (SSSR count). The van der Waals surface area contributed by atoms with Crippen molar-refractivity contribution in [3.05, 3.63) is 35.7 Å². The van der Waals surface area contributed by atoms with Gasteiger partial charge >= 0.3 is 6.11 Å².